The summed E-state index contributed by atoms with van der Waals surface area (Å²) in [6, 6.07) is 12.5. The molecular formula is C22H33ClN2O. The molecule has 0 radical (unpaired) electrons. The van der Waals surface area contributed by atoms with E-state index in [1.165, 1.54) is 56.9 Å². The average molecular weight is 377 g/mol. The molecule has 1 N–H and O–H groups in total. The van der Waals surface area contributed by atoms with Crippen LogP contribution in [-0.2, 0) is 11.2 Å². The van der Waals surface area contributed by atoms with E-state index >= 15 is 0 Å². The lowest BCUT2D eigenvalue weighted by molar-refractivity contribution is -0.134. The van der Waals surface area contributed by atoms with Crippen LogP contribution in [0.4, 0.5) is 0 Å². The third-order valence-corrected chi connectivity index (χ3v) is 6.60. The van der Waals surface area contributed by atoms with E-state index in [-0.39, 0.29) is 12.4 Å². The molecule has 1 aromatic carbocycles. The molecule has 0 aromatic heterocycles. The maximum atomic E-state index is 13.2. The van der Waals surface area contributed by atoms with Crippen LogP contribution in [-0.4, -0.2) is 35.5 Å². The molecule has 3 aliphatic rings. The van der Waals surface area contributed by atoms with E-state index in [4.69, 9.17) is 0 Å². The smallest absolute Gasteiger partial charge is 0.223 e. The summed E-state index contributed by atoms with van der Waals surface area (Å²) >= 11 is 0. The van der Waals surface area contributed by atoms with Gasteiger partial charge in [-0.25, -0.2) is 0 Å². The highest BCUT2D eigenvalue weighted by molar-refractivity contribution is 5.85. The van der Waals surface area contributed by atoms with E-state index in [0.29, 0.717) is 30.0 Å². The molecule has 1 aromatic rings. The number of carbonyl (C=O) groups excluding carboxylic acids is 1. The second kappa shape index (κ2) is 9.23. The van der Waals surface area contributed by atoms with Crippen molar-refractivity contribution in [2.75, 3.05) is 6.54 Å². The number of piperidine rings is 1. The number of nitrogens with zero attached hydrogens (tertiary/aromatic N) is 1. The topological polar surface area (TPSA) is 32.3 Å². The SMILES string of the molecule is Cl.O=C(CC1CC2CCC(C1)N2)N(CCc1ccccc1)C1CCCC1. The van der Waals surface area contributed by atoms with Crippen molar-refractivity contribution in [2.24, 2.45) is 5.92 Å². The highest BCUT2D eigenvalue weighted by atomic mass is 35.5. The first kappa shape index (κ1) is 19.7. The normalized spacial score (nSPS) is 27.9. The molecule has 2 heterocycles. The maximum Gasteiger partial charge on any atom is 0.223 e. The van der Waals surface area contributed by atoms with Crippen LogP contribution in [0.15, 0.2) is 30.3 Å². The molecule has 2 atom stereocenters. The minimum atomic E-state index is 0. The first-order valence-corrected chi connectivity index (χ1v) is 10.4. The Morgan fingerprint density at radius 1 is 1.00 bits per heavy atom. The zero-order valence-corrected chi connectivity index (χ0v) is 16.6. The van der Waals surface area contributed by atoms with E-state index in [1.54, 1.807) is 0 Å². The minimum absolute atomic E-state index is 0. The largest absolute Gasteiger partial charge is 0.339 e. The van der Waals surface area contributed by atoms with Crippen molar-refractivity contribution in [3.8, 4) is 0 Å². The van der Waals surface area contributed by atoms with Gasteiger partial charge in [-0.1, -0.05) is 43.2 Å². The lowest BCUT2D eigenvalue weighted by atomic mass is 9.89. The van der Waals surface area contributed by atoms with Gasteiger partial charge < -0.3 is 10.2 Å². The van der Waals surface area contributed by atoms with Gasteiger partial charge in [0, 0.05) is 31.1 Å². The Balaban J connectivity index is 0.00000196. The van der Waals surface area contributed by atoms with Crippen LogP contribution in [0.2, 0.25) is 0 Å². The van der Waals surface area contributed by atoms with Crippen molar-refractivity contribution >= 4 is 18.3 Å². The molecule has 2 aliphatic heterocycles. The second-order valence-corrected chi connectivity index (χ2v) is 8.44. The number of fused-ring (bicyclic) bond motifs is 2. The van der Waals surface area contributed by atoms with Crippen molar-refractivity contribution in [3.63, 3.8) is 0 Å². The highest BCUT2D eigenvalue weighted by Gasteiger charge is 2.35. The number of halogens is 1. The molecule has 2 saturated heterocycles. The molecule has 3 fully saturated rings. The van der Waals surface area contributed by atoms with E-state index in [1.807, 2.05) is 0 Å². The number of benzene rings is 1. The number of rotatable bonds is 6. The number of nitrogens with one attached hydrogen (secondary N) is 1. The maximum absolute atomic E-state index is 13.2. The molecule has 2 bridgehead atoms. The third-order valence-electron chi connectivity index (χ3n) is 6.60. The van der Waals surface area contributed by atoms with E-state index in [2.05, 4.69) is 40.5 Å². The number of amides is 1. The van der Waals surface area contributed by atoms with Gasteiger partial charge in [0.05, 0.1) is 0 Å². The van der Waals surface area contributed by atoms with Crippen molar-refractivity contribution in [2.45, 2.75) is 82.3 Å². The van der Waals surface area contributed by atoms with Crippen molar-refractivity contribution in [1.82, 2.24) is 10.2 Å². The predicted molar refractivity (Wildman–Crippen MR) is 109 cm³/mol. The molecular weight excluding hydrogens is 344 g/mol. The van der Waals surface area contributed by atoms with Crippen LogP contribution in [0.25, 0.3) is 0 Å². The number of hydrogen-bond acceptors (Lipinski definition) is 2. The van der Waals surface area contributed by atoms with Crippen LogP contribution in [0.5, 0.6) is 0 Å². The van der Waals surface area contributed by atoms with Crippen molar-refractivity contribution < 1.29 is 4.79 Å². The molecule has 1 saturated carbocycles. The minimum Gasteiger partial charge on any atom is -0.339 e. The standard InChI is InChI=1S/C22H32N2O.ClH/c25-22(16-18-14-19-10-11-20(15-18)23-19)24(21-8-4-5-9-21)13-12-17-6-2-1-3-7-17;/h1-3,6-7,18-21,23H,4-5,8-16H2;1H. The predicted octanol–water partition coefficient (Wildman–Crippen LogP) is 4.34. The Labute approximate surface area is 164 Å². The Bertz CT molecular complexity index is 561. The first-order valence-electron chi connectivity index (χ1n) is 10.4. The van der Waals surface area contributed by atoms with Crippen LogP contribution in [0.3, 0.4) is 0 Å². The third kappa shape index (κ3) is 4.80. The molecule has 4 rings (SSSR count). The highest BCUT2D eigenvalue weighted by Crippen LogP contribution is 2.34. The van der Waals surface area contributed by atoms with E-state index in [0.717, 1.165) is 19.4 Å². The summed E-state index contributed by atoms with van der Waals surface area (Å²) in [6.07, 6.45) is 11.8. The van der Waals surface area contributed by atoms with Crippen LogP contribution < -0.4 is 5.32 Å². The van der Waals surface area contributed by atoms with E-state index < -0.39 is 0 Å². The van der Waals surface area contributed by atoms with Gasteiger partial charge in [0.25, 0.3) is 0 Å². The Morgan fingerprint density at radius 2 is 1.65 bits per heavy atom. The monoisotopic (exact) mass is 376 g/mol. The van der Waals surface area contributed by atoms with Crippen LogP contribution in [0.1, 0.15) is 63.4 Å². The summed E-state index contributed by atoms with van der Waals surface area (Å²) in [5.74, 6) is 1.03. The van der Waals surface area contributed by atoms with Gasteiger partial charge in [0.2, 0.25) is 5.91 Å². The summed E-state index contributed by atoms with van der Waals surface area (Å²) in [5.41, 5.74) is 1.35. The van der Waals surface area contributed by atoms with Gasteiger partial charge in [-0.05, 0) is 56.4 Å². The molecule has 1 amide bonds. The molecule has 26 heavy (non-hydrogen) atoms. The quantitative estimate of drug-likeness (QED) is 0.800. The van der Waals surface area contributed by atoms with Gasteiger partial charge in [0.1, 0.15) is 0 Å². The second-order valence-electron chi connectivity index (χ2n) is 8.44. The average Bonchev–Trinajstić information content (AvgIpc) is 3.26. The van der Waals surface area contributed by atoms with Crippen molar-refractivity contribution in [3.05, 3.63) is 35.9 Å². The van der Waals surface area contributed by atoms with Crippen LogP contribution in [0, 0.1) is 5.92 Å². The molecule has 3 nitrogen and oxygen atoms in total. The number of carbonyl (C=O) groups is 1. The first-order chi connectivity index (χ1) is 12.3. The van der Waals surface area contributed by atoms with E-state index in [9.17, 15) is 4.79 Å². The fourth-order valence-corrected chi connectivity index (χ4v) is 5.33. The zero-order chi connectivity index (χ0) is 17.1. The molecule has 0 spiro atoms. The summed E-state index contributed by atoms with van der Waals surface area (Å²) in [7, 11) is 0. The molecule has 2 unspecified atom stereocenters. The molecule has 144 valence electrons. The lowest BCUT2D eigenvalue weighted by Gasteiger charge is -2.33. The van der Waals surface area contributed by atoms with Gasteiger partial charge in [-0.15, -0.1) is 12.4 Å². The summed E-state index contributed by atoms with van der Waals surface area (Å²) in [6.45, 7) is 0.894. The Kier molecular flexibility index (Phi) is 6.99. The Hall–Kier alpha value is -1.06. The van der Waals surface area contributed by atoms with Gasteiger partial charge in [0.15, 0.2) is 0 Å². The summed E-state index contributed by atoms with van der Waals surface area (Å²) in [5, 5.41) is 3.70. The van der Waals surface area contributed by atoms with Crippen molar-refractivity contribution in [1.29, 1.82) is 0 Å². The number of hydrogen-bond donors (Lipinski definition) is 1. The Morgan fingerprint density at radius 3 is 2.31 bits per heavy atom. The van der Waals surface area contributed by atoms with Gasteiger partial charge in [-0.3, -0.25) is 4.79 Å². The molecule has 1 aliphatic carbocycles. The fourth-order valence-electron chi connectivity index (χ4n) is 5.33. The van der Waals surface area contributed by atoms with Gasteiger partial charge >= 0.3 is 0 Å². The van der Waals surface area contributed by atoms with Gasteiger partial charge in [-0.2, -0.15) is 0 Å². The summed E-state index contributed by atoms with van der Waals surface area (Å²) < 4.78 is 0. The summed E-state index contributed by atoms with van der Waals surface area (Å²) in [4.78, 5) is 15.4. The zero-order valence-electron chi connectivity index (χ0n) is 15.7. The molecule has 4 heteroatoms. The van der Waals surface area contributed by atoms with Crippen LogP contribution >= 0.6 is 12.4 Å². The fraction of sp³-hybridized carbons (Fsp3) is 0.682. The lowest BCUT2D eigenvalue weighted by Crippen LogP contribution is -2.43.